The molecule has 17 heavy (non-hydrogen) atoms. The summed E-state index contributed by atoms with van der Waals surface area (Å²) in [5.41, 5.74) is 2.17. The van der Waals surface area contributed by atoms with Gasteiger partial charge in [0.2, 0.25) is 0 Å². The number of carbonyl (C=O) groups excluding carboxylic acids is 1. The molecule has 0 saturated carbocycles. The number of nitrogens with zero attached hydrogens (tertiary/aromatic N) is 1. The molecule has 0 spiro atoms. The maximum absolute atomic E-state index is 11.2. The van der Waals surface area contributed by atoms with E-state index in [9.17, 15) is 4.79 Å². The van der Waals surface area contributed by atoms with E-state index in [1.54, 1.807) is 13.0 Å². The summed E-state index contributed by atoms with van der Waals surface area (Å²) >= 11 is 0. The topological polar surface area (TPSA) is 31.2 Å². The first-order valence-corrected chi connectivity index (χ1v) is 5.61. The minimum atomic E-state index is -0.305. The van der Waals surface area contributed by atoms with Gasteiger partial charge in [-0.05, 0) is 19.1 Å². The van der Waals surface area contributed by atoms with E-state index in [0.717, 1.165) is 16.5 Å². The first kappa shape index (κ1) is 11.5. The van der Waals surface area contributed by atoms with Crippen LogP contribution < -0.4 is 0 Å². The summed E-state index contributed by atoms with van der Waals surface area (Å²) < 4.78 is 6.89. The average Bonchev–Trinajstić information content (AvgIpc) is 2.65. The van der Waals surface area contributed by atoms with Gasteiger partial charge in [-0.2, -0.15) is 0 Å². The molecule has 1 aromatic carbocycles. The van der Waals surface area contributed by atoms with Crippen molar-refractivity contribution in [3.8, 4) is 0 Å². The van der Waals surface area contributed by atoms with Gasteiger partial charge >= 0.3 is 5.97 Å². The predicted molar refractivity (Wildman–Crippen MR) is 68.6 cm³/mol. The van der Waals surface area contributed by atoms with Crippen LogP contribution in [0.15, 0.2) is 36.5 Å². The lowest BCUT2D eigenvalue weighted by atomic mass is 10.1. The van der Waals surface area contributed by atoms with Gasteiger partial charge in [-0.15, -0.1) is 0 Å². The normalized spacial score (nSPS) is 11.2. The number of benzene rings is 1. The van der Waals surface area contributed by atoms with E-state index in [0.29, 0.717) is 6.61 Å². The van der Waals surface area contributed by atoms with Gasteiger partial charge in [0, 0.05) is 35.8 Å². The molecule has 2 aromatic rings. The van der Waals surface area contributed by atoms with Gasteiger partial charge < -0.3 is 9.30 Å². The Labute approximate surface area is 100 Å². The van der Waals surface area contributed by atoms with Crippen molar-refractivity contribution >= 4 is 22.9 Å². The van der Waals surface area contributed by atoms with E-state index >= 15 is 0 Å². The number of rotatable bonds is 3. The summed E-state index contributed by atoms with van der Waals surface area (Å²) in [7, 11) is 1.99. The Balaban J connectivity index is 2.33. The number of ether oxygens (including phenoxy) is 1. The van der Waals surface area contributed by atoms with Crippen LogP contribution in [0.4, 0.5) is 0 Å². The molecule has 0 atom stereocenters. The van der Waals surface area contributed by atoms with Crippen molar-refractivity contribution in [2.75, 3.05) is 6.61 Å². The number of aryl methyl sites for hydroxylation is 1. The quantitative estimate of drug-likeness (QED) is 0.598. The summed E-state index contributed by atoms with van der Waals surface area (Å²) in [6.45, 7) is 2.20. The fourth-order valence-corrected chi connectivity index (χ4v) is 1.85. The standard InChI is InChI=1S/C14H15NO2/c1-3-17-14(16)9-8-11-10-15(2)13-7-5-4-6-12(11)13/h4-10H,3H2,1-2H3/b9-8+. The molecule has 0 saturated heterocycles. The molecule has 0 bridgehead atoms. The second-order valence-corrected chi connectivity index (χ2v) is 3.80. The number of carbonyl (C=O) groups is 1. The summed E-state index contributed by atoms with van der Waals surface area (Å²) in [4.78, 5) is 11.2. The summed E-state index contributed by atoms with van der Waals surface area (Å²) in [5, 5.41) is 1.13. The lowest BCUT2D eigenvalue weighted by Gasteiger charge is -1.94. The lowest BCUT2D eigenvalue weighted by molar-refractivity contribution is -0.137. The Kier molecular flexibility index (Phi) is 3.28. The number of hydrogen-bond donors (Lipinski definition) is 0. The zero-order valence-electron chi connectivity index (χ0n) is 10.0. The van der Waals surface area contributed by atoms with Crippen LogP contribution in [0.2, 0.25) is 0 Å². The van der Waals surface area contributed by atoms with E-state index in [1.807, 2.05) is 36.0 Å². The predicted octanol–water partition coefficient (Wildman–Crippen LogP) is 2.75. The van der Waals surface area contributed by atoms with Crippen LogP contribution in [0.3, 0.4) is 0 Å². The molecular formula is C14H15NO2. The zero-order valence-corrected chi connectivity index (χ0v) is 10.0. The third-order valence-corrected chi connectivity index (χ3v) is 2.61. The van der Waals surface area contributed by atoms with Gasteiger partial charge in [-0.3, -0.25) is 0 Å². The minimum Gasteiger partial charge on any atom is -0.463 e. The molecule has 0 amide bonds. The van der Waals surface area contributed by atoms with Crippen LogP contribution in [-0.2, 0) is 16.6 Å². The SMILES string of the molecule is CCOC(=O)/C=C/c1cn(C)c2ccccc12. The number of esters is 1. The Morgan fingerprint density at radius 3 is 2.94 bits per heavy atom. The Morgan fingerprint density at radius 2 is 2.18 bits per heavy atom. The van der Waals surface area contributed by atoms with Gasteiger partial charge in [0.1, 0.15) is 0 Å². The molecule has 88 valence electrons. The van der Waals surface area contributed by atoms with Crippen molar-refractivity contribution in [2.24, 2.45) is 7.05 Å². The first-order valence-electron chi connectivity index (χ1n) is 5.61. The third kappa shape index (κ3) is 2.38. The van der Waals surface area contributed by atoms with Gasteiger partial charge in [0.05, 0.1) is 6.61 Å². The fourth-order valence-electron chi connectivity index (χ4n) is 1.85. The van der Waals surface area contributed by atoms with Crippen LogP contribution in [0.5, 0.6) is 0 Å². The molecule has 3 nitrogen and oxygen atoms in total. The zero-order chi connectivity index (χ0) is 12.3. The Morgan fingerprint density at radius 1 is 1.41 bits per heavy atom. The van der Waals surface area contributed by atoms with Crippen molar-refractivity contribution in [3.05, 3.63) is 42.1 Å². The highest BCUT2D eigenvalue weighted by atomic mass is 16.5. The second-order valence-electron chi connectivity index (χ2n) is 3.80. The van der Waals surface area contributed by atoms with Gasteiger partial charge in [0.25, 0.3) is 0 Å². The minimum absolute atomic E-state index is 0.305. The highest BCUT2D eigenvalue weighted by molar-refractivity contribution is 5.94. The Bertz CT molecular complexity index is 567. The van der Waals surface area contributed by atoms with Crippen LogP contribution >= 0.6 is 0 Å². The van der Waals surface area contributed by atoms with Crippen molar-refractivity contribution in [1.82, 2.24) is 4.57 Å². The van der Waals surface area contributed by atoms with Crippen LogP contribution in [0, 0.1) is 0 Å². The highest BCUT2D eigenvalue weighted by Gasteiger charge is 2.03. The number of hydrogen-bond acceptors (Lipinski definition) is 2. The molecule has 0 N–H and O–H groups in total. The molecule has 0 radical (unpaired) electrons. The lowest BCUT2D eigenvalue weighted by Crippen LogP contribution is -1.98. The average molecular weight is 229 g/mol. The molecule has 3 heteroatoms. The molecule has 2 rings (SSSR count). The second kappa shape index (κ2) is 4.87. The van der Waals surface area contributed by atoms with Crippen LogP contribution in [0.1, 0.15) is 12.5 Å². The van der Waals surface area contributed by atoms with E-state index in [1.165, 1.54) is 6.08 Å². The number of fused-ring (bicyclic) bond motifs is 1. The molecule has 0 aliphatic carbocycles. The van der Waals surface area contributed by atoms with E-state index in [2.05, 4.69) is 6.07 Å². The van der Waals surface area contributed by atoms with E-state index in [-0.39, 0.29) is 5.97 Å². The van der Waals surface area contributed by atoms with E-state index in [4.69, 9.17) is 4.74 Å². The van der Waals surface area contributed by atoms with Crippen LogP contribution in [-0.4, -0.2) is 17.1 Å². The van der Waals surface area contributed by atoms with Crippen molar-refractivity contribution in [3.63, 3.8) is 0 Å². The molecule has 0 fully saturated rings. The van der Waals surface area contributed by atoms with Crippen molar-refractivity contribution < 1.29 is 9.53 Å². The first-order chi connectivity index (χ1) is 8.22. The smallest absolute Gasteiger partial charge is 0.330 e. The molecule has 1 heterocycles. The largest absolute Gasteiger partial charge is 0.463 e. The third-order valence-electron chi connectivity index (χ3n) is 2.61. The number of aromatic nitrogens is 1. The molecule has 0 aliphatic rings. The molecule has 0 aliphatic heterocycles. The molecular weight excluding hydrogens is 214 g/mol. The monoisotopic (exact) mass is 229 g/mol. The van der Waals surface area contributed by atoms with Gasteiger partial charge in [0.15, 0.2) is 0 Å². The summed E-state index contributed by atoms with van der Waals surface area (Å²) in [6, 6.07) is 8.09. The van der Waals surface area contributed by atoms with Gasteiger partial charge in [-0.25, -0.2) is 4.79 Å². The number of para-hydroxylation sites is 1. The molecule has 1 aromatic heterocycles. The van der Waals surface area contributed by atoms with Gasteiger partial charge in [-0.1, -0.05) is 18.2 Å². The van der Waals surface area contributed by atoms with E-state index < -0.39 is 0 Å². The van der Waals surface area contributed by atoms with Crippen molar-refractivity contribution in [2.45, 2.75) is 6.92 Å². The maximum atomic E-state index is 11.2. The maximum Gasteiger partial charge on any atom is 0.330 e. The van der Waals surface area contributed by atoms with Crippen molar-refractivity contribution in [1.29, 1.82) is 0 Å². The summed E-state index contributed by atoms with van der Waals surface area (Å²) in [5.74, 6) is -0.305. The summed E-state index contributed by atoms with van der Waals surface area (Å²) in [6.07, 6.45) is 5.26. The highest BCUT2D eigenvalue weighted by Crippen LogP contribution is 2.21. The fraction of sp³-hybridized carbons (Fsp3) is 0.214. The molecule has 0 unspecified atom stereocenters. The Hall–Kier alpha value is -2.03. The van der Waals surface area contributed by atoms with Crippen LogP contribution in [0.25, 0.3) is 17.0 Å².